The monoisotopic (exact) mass is 437 g/mol. The molecule has 0 atom stereocenters. The number of rotatable bonds is 9. The zero-order valence-corrected chi connectivity index (χ0v) is 18.7. The second-order valence-electron chi connectivity index (χ2n) is 8.12. The molecule has 0 saturated carbocycles. The average molecular weight is 438 g/mol. The van der Waals surface area contributed by atoms with E-state index >= 15 is 0 Å². The molecule has 30 heavy (non-hydrogen) atoms. The Kier molecular flexibility index (Phi) is 9.11. The number of nitrogens with one attached hydrogen (secondary N) is 1. The van der Waals surface area contributed by atoms with E-state index in [4.69, 9.17) is 4.74 Å². The van der Waals surface area contributed by atoms with Crippen LogP contribution in [0.4, 0.5) is 0 Å². The highest BCUT2D eigenvalue weighted by atomic mass is 32.2. The molecule has 0 aromatic heterocycles. The number of carbonyl (C=O) groups excluding carboxylic acids is 1. The molecule has 8 heteroatoms. The van der Waals surface area contributed by atoms with Crippen molar-refractivity contribution in [2.75, 3.05) is 52.5 Å². The van der Waals surface area contributed by atoms with Gasteiger partial charge in [0, 0.05) is 39.1 Å². The Labute approximate surface area is 180 Å². The summed E-state index contributed by atoms with van der Waals surface area (Å²) in [7, 11) is -3.42. The normalized spacial score (nSPS) is 19.3. The minimum atomic E-state index is -3.42. The van der Waals surface area contributed by atoms with Crippen molar-refractivity contribution in [3.63, 3.8) is 0 Å². The minimum Gasteiger partial charge on any atom is -0.379 e. The van der Waals surface area contributed by atoms with Crippen molar-refractivity contribution in [2.24, 2.45) is 0 Å². The number of sulfonamides is 1. The fourth-order valence-electron chi connectivity index (χ4n) is 3.96. The van der Waals surface area contributed by atoms with E-state index in [1.165, 1.54) is 0 Å². The summed E-state index contributed by atoms with van der Waals surface area (Å²) in [5.74, 6) is 0.0400. The highest BCUT2D eigenvalue weighted by Gasteiger charge is 2.24. The molecule has 2 saturated heterocycles. The van der Waals surface area contributed by atoms with Crippen LogP contribution in [-0.2, 0) is 26.0 Å². The lowest BCUT2D eigenvalue weighted by Gasteiger charge is -2.26. The summed E-state index contributed by atoms with van der Waals surface area (Å²) < 4.78 is 32.6. The van der Waals surface area contributed by atoms with Crippen LogP contribution >= 0.6 is 0 Å². The van der Waals surface area contributed by atoms with E-state index in [2.05, 4.69) is 10.2 Å². The molecular formula is C22H35N3O4S. The molecule has 1 aromatic rings. The van der Waals surface area contributed by atoms with Crippen molar-refractivity contribution < 1.29 is 17.9 Å². The number of aryl methyl sites for hydroxylation is 1. The van der Waals surface area contributed by atoms with Gasteiger partial charge in [-0.2, -0.15) is 4.31 Å². The molecule has 2 aliphatic rings. The van der Waals surface area contributed by atoms with Gasteiger partial charge in [-0.15, -0.1) is 0 Å². The summed E-state index contributed by atoms with van der Waals surface area (Å²) in [5.41, 5.74) is 0.980. The van der Waals surface area contributed by atoms with Crippen molar-refractivity contribution in [3.8, 4) is 0 Å². The van der Waals surface area contributed by atoms with Gasteiger partial charge in [0.25, 0.3) is 0 Å². The van der Waals surface area contributed by atoms with Gasteiger partial charge in [0.05, 0.1) is 18.1 Å². The van der Waals surface area contributed by atoms with Crippen LogP contribution in [-0.4, -0.2) is 76.0 Å². The number of amides is 1. The van der Waals surface area contributed by atoms with Crippen LogP contribution in [0.25, 0.3) is 0 Å². The van der Waals surface area contributed by atoms with Gasteiger partial charge in [0.15, 0.2) is 0 Å². The number of carbonyl (C=O) groups is 1. The SMILES string of the molecule is O=C(CCc1ccc(S(=O)(=O)N2CCCCCC2)cc1)NCCCN1CCOCC1. The van der Waals surface area contributed by atoms with E-state index in [1.807, 2.05) is 12.1 Å². The van der Waals surface area contributed by atoms with Gasteiger partial charge in [-0.3, -0.25) is 9.69 Å². The lowest BCUT2D eigenvalue weighted by Crippen LogP contribution is -2.38. The molecular weight excluding hydrogens is 402 g/mol. The summed E-state index contributed by atoms with van der Waals surface area (Å²) in [6, 6.07) is 7.01. The lowest BCUT2D eigenvalue weighted by molar-refractivity contribution is -0.121. The number of benzene rings is 1. The van der Waals surface area contributed by atoms with Gasteiger partial charge in [-0.1, -0.05) is 25.0 Å². The number of hydrogen-bond acceptors (Lipinski definition) is 5. The molecule has 2 aliphatic heterocycles. The van der Waals surface area contributed by atoms with Gasteiger partial charge in [-0.05, 0) is 49.9 Å². The molecule has 0 spiro atoms. The third-order valence-electron chi connectivity index (χ3n) is 5.84. The topological polar surface area (TPSA) is 79.0 Å². The van der Waals surface area contributed by atoms with E-state index in [-0.39, 0.29) is 5.91 Å². The Morgan fingerprint density at radius 3 is 2.30 bits per heavy atom. The number of nitrogens with zero attached hydrogens (tertiary/aromatic N) is 2. The largest absolute Gasteiger partial charge is 0.379 e. The van der Waals surface area contributed by atoms with Gasteiger partial charge < -0.3 is 10.1 Å². The number of morpholine rings is 1. The Balaban J connectivity index is 1.39. The van der Waals surface area contributed by atoms with Crippen LogP contribution in [0.1, 0.15) is 44.1 Å². The summed E-state index contributed by atoms with van der Waals surface area (Å²) in [6.45, 7) is 6.41. The molecule has 2 fully saturated rings. The van der Waals surface area contributed by atoms with Crippen LogP contribution in [0.5, 0.6) is 0 Å². The van der Waals surface area contributed by atoms with Gasteiger partial charge >= 0.3 is 0 Å². The molecule has 0 bridgehead atoms. The van der Waals surface area contributed by atoms with Crippen LogP contribution in [0.3, 0.4) is 0 Å². The van der Waals surface area contributed by atoms with Crippen LogP contribution in [0.2, 0.25) is 0 Å². The number of ether oxygens (including phenoxy) is 1. The van der Waals surface area contributed by atoms with Crippen molar-refractivity contribution in [1.29, 1.82) is 0 Å². The molecule has 3 rings (SSSR count). The summed E-state index contributed by atoms with van der Waals surface area (Å²) in [5, 5.41) is 2.98. The maximum Gasteiger partial charge on any atom is 0.243 e. The molecule has 2 heterocycles. The molecule has 168 valence electrons. The fraction of sp³-hybridized carbons (Fsp3) is 0.682. The molecule has 0 unspecified atom stereocenters. The second kappa shape index (κ2) is 11.8. The molecule has 1 N–H and O–H groups in total. The predicted octanol–water partition coefficient (Wildman–Crippen LogP) is 2.02. The summed E-state index contributed by atoms with van der Waals surface area (Å²) in [6.07, 6.45) is 6.02. The standard InChI is InChI=1S/C22H35N3O4S/c26-22(23-12-5-13-24-16-18-29-19-17-24)11-8-20-6-9-21(10-7-20)30(27,28)25-14-3-1-2-4-15-25/h6-7,9-10H,1-5,8,11-19H2,(H,23,26). The molecule has 1 aromatic carbocycles. The molecule has 7 nitrogen and oxygen atoms in total. The summed E-state index contributed by atoms with van der Waals surface area (Å²) in [4.78, 5) is 14.8. The van der Waals surface area contributed by atoms with Crippen molar-refractivity contribution in [1.82, 2.24) is 14.5 Å². The quantitative estimate of drug-likeness (QED) is 0.598. The third kappa shape index (κ3) is 7.04. The molecule has 1 amide bonds. The van der Waals surface area contributed by atoms with E-state index in [9.17, 15) is 13.2 Å². The first-order valence-corrected chi connectivity index (χ1v) is 12.7. The summed E-state index contributed by atoms with van der Waals surface area (Å²) >= 11 is 0. The third-order valence-corrected chi connectivity index (χ3v) is 7.76. The lowest BCUT2D eigenvalue weighted by atomic mass is 10.1. The van der Waals surface area contributed by atoms with E-state index in [1.54, 1.807) is 16.4 Å². The Morgan fingerprint density at radius 1 is 0.967 bits per heavy atom. The minimum absolute atomic E-state index is 0.0400. The van der Waals surface area contributed by atoms with Crippen LogP contribution < -0.4 is 5.32 Å². The van der Waals surface area contributed by atoms with Crippen LogP contribution in [0.15, 0.2) is 29.2 Å². The van der Waals surface area contributed by atoms with Crippen molar-refractivity contribution in [3.05, 3.63) is 29.8 Å². The Hall–Kier alpha value is -1.48. The smallest absolute Gasteiger partial charge is 0.243 e. The van der Waals surface area contributed by atoms with Gasteiger partial charge in [0.1, 0.15) is 0 Å². The first-order chi connectivity index (χ1) is 14.6. The average Bonchev–Trinajstić information content (AvgIpc) is 3.07. The fourth-order valence-corrected chi connectivity index (χ4v) is 5.48. The zero-order valence-electron chi connectivity index (χ0n) is 17.9. The first kappa shape index (κ1) is 23.2. The van der Waals surface area contributed by atoms with Crippen molar-refractivity contribution in [2.45, 2.75) is 49.8 Å². The highest BCUT2D eigenvalue weighted by molar-refractivity contribution is 7.89. The first-order valence-electron chi connectivity index (χ1n) is 11.2. The van der Waals surface area contributed by atoms with E-state index in [0.717, 1.165) is 70.5 Å². The van der Waals surface area contributed by atoms with Gasteiger partial charge in [0.2, 0.25) is 15.9 Å². The Bertz CT molecular complexity index is 753. The molecule has 0 aliphatic carbocycles. The van der Waals surface area contributed by atoms with Crippen LogP contribution in [0, 0.1) is 0 Å². The highest BCUT2D eigenvalue weighted by Crippen LogP contribution is 2.21. The predicted molar refractivity (Wildman–Crippen MR) is 117 cm³/mol. The van der Waals surface area contributed by atoms with E-state index in [0.29, 0.717) is 37.4 Å². The maximum absolute atomic E-state index is 12.8. The zero-order chi connectivity index (χ0) is 21.2. The number of hydrogen-bond donors (Lipinski definition) is 1. The van der Waals surface area contributed by atoms with Crippen molar-refractivity contribution >= 4 is 15.9 Å². The van der Waals surface area contributed by atoms with E-state index < -0.39 is 10.0 Å². The molecule has 0 radical (unpaired) electrons. The second-order valence-corrected chi connectivity index (χ2v) is 10.1. The maximum atomic E-state index is 12.8. The van der Waals surface area contributed by atoms with Gasteiger partial charge in [-0.25, -0.2) is 8.42 Å². The Morgan fingerprint density at radius 2 is 1.63 bits per heavy atom.